The molecule has 0 spiro atoms. The second-order valence-corrected chi connectivity index (χ2v) is 2.99. The van der Waals surface area contributed by atoms with Crippen LogP contribution in [0.2, 0.25) is 0 Å². The third kappa shape index (κ3) is 1.93. The molecule has 3 N–H and O–H groups in total. The lowest BCUT2D eigenvalue weighted by atomic mass is 10.0. The monoisotopic (exact) mass is 190 g/mol. The molecule has 0 radical (unpaired) electrons. The molecule has 0 fully saturated rings. The van der Waals surface area contributed by atoms with Crippen molar-refractivity contribution in [3.8, 4) is 0 Å². The normalized spacial score (nSPS) is 9.50. The fourth-order valence-electron chi connectivity index (χ4n) is 1.38. The number of nitrogens with one attached hydrogen (secondary N) is 1. The van der Waals surface area contributed by atoms with Crippen molar-refractivity contribution in [2.24, 2.45) is 0 Å². The highest BCUT2D eigenvalue weighted by Gasteiger charge is 2.07. The summed E-state index contributed by atoms with van der Waals surface area (Å²) in [6.45, 7) is 3.83. The topological polar surface area (TPSA) is 55.1 Å². The standard InChI is InChI=1S/C11H14N2O/c1-8(6-7-14)11-9(12)4-3-5-10(11)13-2/h3-5,7,13H,1,6,12H2,2H3. The van der Waals surface area contributed by atoms with E-state index in [1.807, 2.05) is 19.2 Å². The molecule has 0 aliphatic heterocycles. The smallest absolute Gasteiger partial charge is 0.124 e. The first kappa shape index (κ1) is 10.3. The van der Waals surface area contributed by atoms with Crippen molar-refractivity contribution < 1.29 is 4.79 Å². The Labute approximate surface area is 83.6 Å². The zero-order valence-electron chi connectivity index (χ0n) is 8.21. The number of rotatable bonds is 4. The second kappa shape index (κ2) is 4.46. The van der Waals surface area contributed by atoms with Crippen LogP contribution in [-0.4, -0.2) is 13.3 Å². The first-order valence-corrected chi connectivity index (χ1v) is 4.38. The Balaban J connectivity index is 3.16. The number of aldehydes is 1. The van der Waals surface area contributed by atoms with Crippen LogP contribution in [-0.2, 0) is 4.79 Å². The van der Waals surface area contributed by atoms with Crippen molar-refractivity contribution in [3.63, 3.8) is 0 Å². The van der Waals surface area contributed by atoms with Crippen LogP contribution in [0, 0.1) is 0 Å². The molecule has 1 rings (SSSR count). The minimum Gasteiger partial charge on any atom is -0.398 e. The van der Waals surface area contributed by atoms with Gasteiger partial charge in [0.25, 0.3) is 0 Å². The molecule has 3 heteroatoms. The first-order chi connectivity index (χ1) is 6.70. The number of allylic oxidation sites excluding steroid dienone is 1. The van der Waals surface area contributed by atoms with Gasteiger partial charge < -0.3 is 15.8 Å². The molecule has 0 amide bonds. The summed E-state index contributed by atoms with van der Waals surface area (Å²) in [7, 11) is 1.81. The van der Waals surface area contributed by atoms with Crippen molar-refractivity contribution in [2.45, 2.75) is 6.42 Å². The number of hydrogen-bond acceptors (Lipinski definition) is 3. The van der Waals surface area contributed by atoms with Crippen molar-refractivity contribution in [1.82, 2.24) is 0 Å². The molecule has 0 atom stereocenters. The SMILES string of the molecule is C=C(CC=O)c1c(N)cccc1NC. The average molecular weight is 190 g/mol. The van der Waals surface area contributed by atoms with E-state index in [2.05, 4.69) is 11.9 Å². The quantitative estimate of drug-likeness (QED) is 0.563. The molecule has 0 aromatic heterocycles. The van der Waals surface area contributed by atoms with Gasteiger partial charge in [0.05, 0.1) is 0 Å². The number of benzene rings is 1. The van der Waals surface area contributed by atoms with Gasteiger partial charge in [-0.25, -0.2) is 0 Å². The summed E-state index contributed by atoms with van der Waals surface area (Å²) in [6.07, 6.45) is 1.14. The maximum Gasteiger partial charge on any atom is 0.124 e. The molecule has 1 aromatic carbocycles. The van der Waals surface area contributed by atoms with Crippen LogP contribution in [0.5, 0.6) is 0 Å². The van der Waals surface area contributed by atoms with E-state index in [1.165, 1.54) is 0 Å². The zero-order valence-corrected chi connectivity index (χ0v) is 8.21. The molecule has 0 heterocycles. The van der Waals surface area contributed by atoms with Crippen molar-refractivity contribution in [3.05, 3.63) is 30.3 Å². The highest BCUT2D eigenvalue weighted by atomic mass is 16.1. The Morgan fingerprint density at radius 1 is 1.64 bits per heavy atom. The molecule has 1 aromatic rings. The van der Waals surface area contributed by atoms with Gasteiger partial charge in [-0.2, -0.15) is 0 Å². The Hall–Kier alpha value is -1.77. The summed E-state index contributed by atoms with van der Waals surface area (Å²) >= 11 is 0. The lowest BCUT2D eigenvalue weighted by molar-refractivity contribution is -0.107. The lowest BCUT2D eigenvalue weighted by Gasteiger charge is -2.12. The van der Waals surface area contributed by atoms with Crippen LogP contribution in [0.4, 0.5) is 11.4 Å². The predicted molar refractivity (Wildman–Crippen MR) is 60.1 cm³/mol. The summed E-state index contributed by atoms with van der Waals surface area (Å²) in [5.41, 5.74) is 8.93. The van der Waals surface area contributed by atoms with Gasteiger partial charge in [-0.1, -0.05) is 12.6 Å². The predicted octanol–water partition coefficient (Wildman–Crippen LogP) is 1.91. The van der Waals surface area contributed by atoms with E-state index >= 15 is 0 Å². The van der Waals surface area contributed by atoms with Gasteiger partial charge in [0.15, 0.2) is 0 Å². The average Bonchev–Trinajstić information content (AvgIpc) is 2.17. The largest absolute Gasteiger partial charge is 0.398 e. The summed E-state index contributed by atoms with van der Waals surface area (Å²) < 4.78 is 0. The van der Waals surface area contributed by atoms with E-state index in [4.69, 9.17) is 5.73 Å². The molecule has 0 saturated carbocycles. The van der Waals surface area contributed by atoms with Gasteiger partial charge in [0.1, 0.15) is 6.29 Å². The highest BCUT2D eigenvalue weighted by molar-refractivity contribution is 5.87. The van der Waals surface area contributed by atoms with Crippen molar-refractivity contribution in [1.29, 1.82) is 0 Å². The van der Waals surface area contributed by atoms with E-state index in [-0.39, 0.29) is 0 Å². The fourth-order valence-corrected chi connectivity index (χ4v) is 1.38. The molecule has 74 valence electrons. The molecule has 0 saturated heterocycles. The summed E-state index contributed by atoms with van der Waals surface area (Å²) in [4.78, 5) is 10.4. The maximum absolute atomic E-state index is 10.4. The number of nitrogen functional groups attached to an aromatic ring is 1. The van der Waals surface area contributed by atoms with E-state index in [0.29, 0.717) is 12.1 Å². The molecule has 0 aliphatic carbocycles. The Morgan fingerprint density at radius 3 is 2.93 bits per heavy atom. The van der Waals surface area contributed by atoms with Crippen molar-refractivity contribution >= 4 is 23.2 Å². The molecule has 0 bridgehead atoms. The Kier molecular flexibility index (Phi) is 3.29. The number of carbonyl (C=O) groups is 1. The van der Waals surface area contributed by atoms with Gasteiger partial charge >= 0.3 is 0 Å². The van der Waals surface area contributed by atoms with E-state index < -0.39 is 0 Å². The van der Waals surface area contributed by atoms with Gasteiger partial charge in [0.2, 0.25) is 0 Å². The van der Waals surface area contributed by atoms with Crippen LogP contribution >= 0.6 is 0 Å². The van der Waals surface area contributed by atoms with Gasteiger partial charge in [-0.05, 0) is 17.7 Å². The van der Waals surface area contributed by atoms with Gasteiger partial charge in [-0.15, -0.1) is 0 Å². The third-order valence-electron chi connectivity index (χ3n) is 2.05. The number of nitrogens with two attached hydrogens (primary N) is 1. The van der Waals surface area contributed by atoms with Crippen LogP contribution < -0.4 is 11.1 Å². The summed E-state index contributed by atoms with van der Waals surface area (Å²) in [5, 5.41) is 3.02. The number of anilines is 2. The Bertz CT molecular complexity index is 358. The Morgan fingerprint density at radius 2 is 2.36 bits per heavy atom. The fraction of sp³-hybridized carbons (Fsp3) is 0.182. The highest BCUT2D eigenvalue weighted by Crippen LogP contribution is 2.29. The number of carbonyl (C=O) groups excluding carboxylic acids is 1. The van der Waals surface area contributed by atoms with Crippen LogP contribution in [0.1, 0.15) is 12.0 Å². The van der Waals surface area contributed by atoms with Crippen LogP contribution in [0.3, 0.4) is 0 Å². The van der Waals surface area contributed by atoms with E-state index in [9.17, 15) is 4.79 Å². The van der Waals surface area contributed by atoms with E-state index in [0.717, 1.165) is 23.1 Å². The number of hydrogen-bond donors (Lipinski definition) is 2. The molecule has 3 nitrogen and oxygen atoms in total. The molecular formula is C11H14N2O. The summed E-state index contributed by atoms with van der Waals surface area (Å²) in [6, 6.07) is 5.56. The molecular weight excluding hydrogens is 176 g/mol. The summed E-state index contributed by atoms with van der Waals surface area (Å²) in [5.74, 6) is 0. The molecule has 14 heavy (non-hydrogen) atoms. The molecule has 0 unspecified atom stereocenters. The van der Waals surface area contributed by atoms with Crippen LogP contribution in [0.25, 0.3) is 5.57 Å². The minimum atomic E-state index is 0.308. The minimum absolute atomic E-state index is 0.308. The zero-order chi connectivity index (χ0) is 10.6. The maximum atomic E-state index is 10.4. The molecule has 0 aliphatic rings. The first-order valence-electron chi connectivity index (χ1n) is 4.38. The second-order valence-electron chi connectivity index (χ2n) is 2.99. The third-order valence-corrected chi connectivity index (χ3v) is 2.05. The van der Waals surface area contributed by atoms with Gasteiger partial charge in [0, 0.05) is 30.4 Å². The van der Waals surface area contributed by atoms with Crippen LogP contribution in [0.15, 0.2) is 24.8 Å². The van der Waals surface area contributed by atoms with Gasteiger partial charge in [-0.3, -0.25) is 0 Å². The lowest BCUT2D eigenvalue weighted by Crippen LogP contribution is -1.99. The van der Waals surface area contributed by atoms with Crippen molar-refractivity contribution in [2.75, 3.05) is 18.1 Å². The van der Waals surface area contributed by atoms with E-state index in [1.54, 1.807) is 6.07 Å².